The molecule has 0 spiro atoms. The number of aliphatic hydroxyl groups is 4. The lowest BCUT2D eigenvalue weighted by Gasteiger charge is -2.70. The molecule has 5 fully saturated rings. The molecule has 0 aromatic rings. The minimum atomic E-state index is -1.51. The lowest BCUT2D eigenvalue weighted by molar-refractivity contribution is -0.330. The molecular formula is C36H56O10. The lowest BCUT2D eigenvalue weighted by Crippen LogP contribution is -2.68. The van der Waals surface area contributed by atoms with Gasteiger partial charge in [0.05, 0.1) is 23.5 Å². The zero-order chi connectivity index (χ0) is 33.8. The number of carbonyl (C=O) groups is 2. The number of allylic oxidation sites excluding steroid dienone is 1. The zero-order valence-electron chi connectivity index (χ0n) is 28.3. The first-order chi connectivity index (χ1) is 21.4. The molecule has 1 aliphatic heterocycles. The van der Waals surface area contributed by atoms with Crippen molar-refractivity contribution in [2.75, 3.05) is 6.61 Å². The molecule has 46 heavy (non-hydrogen) atoms. The van der Waals surface area contributed by atoms with Crippen LogP contribution in [0.3, 0.4) is 0 Å². The summed E-state index contributed by atoms with van der Waals surface area (Å²) >= 11 is 0. The van der Waals surface area contributed by atoms with E-state index in [4.69, 9.17) is 9.47 Å². The van der Waals surface area contributed by atoms with Crippen LogP contribution < -0.4 is 0 Å². The average molecular weight is 649 g/mol. The fraction of sp³-hybridized carbons (Fsp3) is 0.889. The van der Waals surface area contributed by atoms with Crippen LogP contribution >= 0.6 is 0 Å². The van der Waals surface area contributed by atoms with E-state index in [0.717, 1.165) is 31.3 Å². The van der Waals surface area contributed by atoms with E-state index in [-0.39, 0.29) is 35.2 Å². The molecular weight excluding hydrogens is 592 g/mol. The Morgan fingerprint density at radius 3 is 2.20 bits per heavy atom. The second kappa shape index (κ2) is 11.2. The third-order valence-electron chi connectivity index (χ3n) is 15.3. The van der Waals surface area contributed by atoms with Crippen LogP contribution in [0.15, 0.2) is 11.6 Å². The summed E-state index contributed by atoms with van der Waals surface area (Å²) in [5, 5.41) is 63.0. The molecule has 4 saturated carbocycles. The maximum atomic E-state index is 13.8. The lowest BCUT2D eigenvalue weighted by atomic mass is 9.33. The maximum Gasteiger partial charge on any atom is 0.314 e. The van der Waals surface area contributed by atoms with Gasteiger partial charge in [0, 0.05) is 0 Å². The van der Waals surface area contributed by atoms with Crippen LogP contribution in [0.2, 0.25) is 0 Å². The van der Waals surface area contributed by atoms with Gasteiger partial charge in [-0.25, -0.2) is 0 Å². The molecule has 1 heterocycles. The van der Waals surface area contributed by atoms with Gasteiger partial charge in [-0.05, 0) is 104 Å². The topological polar surface area (TPSA) is 174 Å². The number of aliphatic hydroxyl groups excluding tert-OH is 4. The van der Waals surface area contributed by atoms with E-state index in [9.17, 15) is 40.2 Å². The van der Waals surface area contributed by atoms with Crippen molar-refractivity contribution >= 4 is 11.9 Å². The molecule has 10 heteroatoms. The first kappa shape index (κ1) is 34.3. The van der Waals surface area contributed by atoms with Crippen LogP contribution in [-0.4, -0.2) is 86.0 Å². The highest BCUT2D eigenvalue weighted by Crippen LogP contribution is 2.76. The number of ether oxygens (including phenoxy) is 2. The van der Waals surface area contributed by atoms with E-state index in [1.807, 2.05) is 0 Å². The predicted molar refractivity (Wildman–Crippen MR) is 167 cm³/mol. The Morgan fingerprint density at radius 1 is 0.870 bits per heavy atom. The zero-order valence-corrected chi connectivity index (χ0v) is 28.3. The average Bonchev–Trinajstić information content (AvgIpc) is 2.99. The standard InChI is InChI=1S/C36H56O10/c1-18-9-14-35(30(41)42)15-16-36(31(43)44)20(25(35)19(18)2)7-8-23-33(5)12-11-24(32(3,4)22(33)10-13-34(23,36)6)46-29-28(40)27(39)26(38)21(17-37)45-29/h7,18-19,21-29,37-40H,8-17H2,1-6H3,(H,41,42)(H,43,44)/t18-,19-,21+,22+,23+,24-,25+,26+,27-,28+,29-,33+,34-,35-,36+/m0/s1. The van der Waals surface area contributed by atoms with Crippen molar-refractivity contribution in [2.45, 2.75) is 136 Å². The number of hydrogen-bond acceptors (Lipinski definition) is 8. The summed E-state index contributed by atoms with van der Waals surface area (Å²) in [6.45, 7) is 12.6. The summed E-state index contributed by atoms with van der Waals surface area (Å²) in [5.41, 5.74) is -2.32. The minimum Gasteiger partial charge on any atom is -0.481 e. The highest BCUT2D eigenvalue weighted by molar-refractivity contribution is 5.84. The Morgan fingerprint density at radius 2 is 1.57 bits per heavy atom. The summed E-state index contributed by atoms with van der Waals surface area (Å²) in [6.07, 6.45) is 0.942. The van der Waals surface area contributed by atoms with Crippen LogP contribution in [0.1, 0.15) is 99.3 Å². The number of carboxylic acid groups (broad SMARTS) is 2. The Hall–Kier alpha value is -1.56. The summed E-state index contributed by atoms with van der Waals surface area (Å²) in [4.78, 5) is 26.8. The Balaban J connectivity index is 1.34. The molecule has 0 unspecified atom stereocenters. The first-order valence-corrected chi connectivity index (χ1v) is 17.6. The molecule has 0 bridgehead atoms. The second-order valence-corrected chi connectivity index (χ2v) is 17.2. The second-order valence-electron chi connectivity index (χ2n) is 17.2. The van der Waals surface area contributed by atoms with E-state index >= 15 is 0 Å². The summed E-state index contributed by atoms with van der Waals surface area (Å²) in [6, 6.07) is 0. The molecule has 0 aromatic heterocycles. The molecule has 15 atom stereocenters. The van der Waals surface area contributed by atoms with Gasteiger partial charge in [-0.3, -0.25) is 9.59 Å². The summed E-state index contributed by atoms with van der Waals surface area (Å²) in [5.74, 6) is -1.24. The summed E-state index contributed by atoms with van der Waals surface area (Å²) < 4.78 is 12.1. The molecule has 6 rings (SSSR count). The van der Waals surface area contributed by atoms with Gasteiger partial charge in [0.2, 0.25) is 0 Å². The predicted octanol–water partition coefficient (Wildman–Crippen LogP) is 3.98. The van der Waals surface area contributed by atoms with Gasteiger partial charge in [-0.1, -0.05) is 53.2 Å². The SMILES string of the molecule is C[C@H]1[C@@H](C)CC[C@]2(C(=O)O)CC[C@]3(C(=O)O)C(=CC[C@@H]4[C@]5(C)CC[C@H](O[C@@H]6O[C@H](CO)[C@@H](O)[C@H](O)[C@H]6O)C(C)(C)[C@H]5CC[C@@]43C)[C@@H]12. The van der Waals surface area contributed by atoms with Crippen molar-refractivity contribution in [3.63, 3.8) is 0 Å². The fourth-order valence-electron chi connectivity index (χ4n) is 12.6. The van der Waals surface area contributed by atoms with Crippen molar-refractivity contribution in [3.05, 3.63) is 11.6 Å². The number of rotatable bonds is 5. The normalized spacial score (nSPS) is 53.1. The van der Waals surface area contributed by atoms with Crippen molar-refractivity contribution in [2.24, 2.45) is 56.7 Å². The largest absolute Gasteiger partial charge is 0.481 e. The molecule has 0 amide bonds. The van der Waals surface area contributed by atoms with Gasteiger partial charge in [-0.2, -0.15) is 0 Å². The number of hydrogen-bond donors (Lipinski definition) is 6. The van der Waals surface area contributed by atoms with E-state index in [0.29, 0.717) is 38.0 Å². The van der Waals surface area contributed by atoms with Gasteiger partial charge in [0.1, 0.15) is 24.4 Å². The molecule has 0 radical (unpaired) electrons. The number of fused-ring (bicyclic) bond motifs is 7. The first-order valence-electron chi connectivity index (χ1n) is 17.6. The third kappa shape index (κ3) is 4.35. The van der Waals surface area contributed by atoms with Gasteiger partial charge >= 0.3 is 11.9 Å². The summed E-state index contributed by atoms with van der Waals surface area (Å²) in [7, 11) is 0. The van der Waals surface area contributed by atoms with Crippen molar-refractivity contribution in [1.82, 2.24) is 0 Å². The third-order valence-corrected chi connectivity index (χ3v) is 15.3. The maximum absolute atomic E-state index is 13.8. The molecule has 0 aromatic carbocycles. The highest BCUT2D eigenvalue weighted by atomic mass is 16.7. The number of aliphatic carboxylic acids is 2. The fourth-order valence-corrected chi connectivity index (χ4v) is 12.6. The van der Waals surface area contributed by atoms with Gasteiger partial charge in [0.15, 0.2) is 6.29 Å². The number of carboxylic acids is 2. The Kier molecular flexibility index (Phi) is 8.38. The van der Waals surface area contributed by atoms with Crippen molar-refractivity contribution in [3.8, 4) is 0 Å². The van der Waals surface area contributed by atoms with Crippen LogP contribution in [0.25, 0.3) is 0 Å². The van der Waals surface area contributed by atoms with Crippen molar-refractivity contribution < 1.29 is 49.7 Å². The Labute approximate surface area is 272 Å². The van der Waals surface area contributed by atoms with E-state index in [1.54, 1.807) is 0 Å². The van der Waals surface area contributed by atoms with Gasteiger partial charge in [-0.15, -0.1) is 0 Å². The van der Waals surface area contributed by atoms with Crippen LogP contribution in [0.5, 0.6) is 0 Å². The smallest absolute Gasteiger partial charge is 0.314 e. The molecule has 6 N–H and O–H groups in total. The van der Waals surface area contributed by atoms with Crippen LogP contribution in [0.4, 0.5) is 0 Å². The molecule has 10 nitrogen and oxygen atoms in total. The molecule has 1 saturated heterocycles. The monoisotopic (exact) mass is 648 g/mol. The van der Waals surface area contributed by atoms with Gasteiger partial charge in [0.25, 0.3) is 0 Å². The van der Waals surface area contributed by atoms with Gasteiger partial charge < -0.3 is 40.1 Å². The quantitative estimate of drug-likeness (QED) is 0.189. The minimum absolute atomic E-state index is 0.0692. The van der Waals surface area contributed by atoms with Crippen LogP contribution in [-0.2, 0) is 19.1 Å². The Bertz CT molecular complexity index is 1260. The molecule has 260 valence electrons. The van der Waals surface area contributed by atoms with E-state index in [1.165, 1.54) is 0 Å². The van der Waals surface area contributed by atoms with E-state index in [2.05, 4.69) is 47.6 Å². The molecule has 5 aliphatic carbocycles. The highest BCUT2D eigenvalue weighted by Gasteiger charge is 2.73. The van der Waals surface area contributed by atoms with E-state index < -0.39 is 70.9 Å². The van der Waals surface area contributed by atoms with Crippen molar-refractivity contribution in [1.29, 1.82) is 0 Å². The molecule has 6 aliphatic rings. The van der Waals surface area contributed by atoms with Crippen LogP contribution in [0, 0.1) is 56.7 Å².